The fourth-order valence-electron chi connectivity index (χ4n) is 5.66. The van der Waals surface area contributed by atoms with Crippen LogP contribution in [-0.4, -0.2) is 47.3 Å². The van der Waals surface area contributed by atoms with Crippen molar-refractivity contribution in [2.45, 2.75) is 30.3 Å². The first kappa shape index (κ1) is 19.9. The smallest absolute Gasteiger partial charge is 0.119 e. The molecule has 4 nitrogen and oxygen atoms in total. The van der Waals surface area contributed by atoms with Crippen LogP contribution in [0.5, 0.6) is 5.75 Å². The predicted octanol–water partition coefficient (Wildman–Crippen LogP) is 4.60. The van der Waals surface area contributed by atoms with Crippen molar-refractivity contribution in [3.05, 3.63) is 76.4 Å². The van der Waals surface area contributed by atoms with Crippen molar-refractivity contribution in [2.75, 3.05) is 26.7 Å². The van der Waals surface area contributed by atoms with Crippen molar-refractivity contribution >= 4 is 26.8 Å². The summed E-state index contributed by atoms with van der Waals surface area (Å²) in [5.74, 6) is 0.837. The zero-order valence-corrected chi connectivity index (χ0v) is 18.8. The molecule has 1 aliphatic carbocycles. The number of methoxy groups -OCH3 is 1. The van der Waals surface area contributed by atoms with Gasteiger partial charge in [0.15, 0.2) is 0 Å². The molecule has 30 heavy (non-hydrogen) atoms. The molecule has 2 N–H and O–H groups in total. The maximum Gasteiger partial charge on any atom is 0.119 e. The number of fused-ring (bicyclic) bond motifs is 4. The maximum atomic E-state index is 12.3. The molecule has 5 heteroatoms. The number of aliphatic hydroxyl groups is 1. The molecule has 1 saturated heterocycles. The first-order valence-corrected chi connectivity index (χ1v) is 11.3. The molecule has 0 saturated carbocycles. The van der Waals surface area contributed by atoms with Crippen molar-refractivity contribution in [3.63, 3.8) is 0 Å². The molecule has 0 radical (unpaired) electrons. The first-order chi connectivity index (χ1) is 14.5. The summed E-state index contributed by atoms with van der Waals surface area (Å²) in [5, 5.41) is 13.5. The molecule has 156 valence electrons. The summed E-state index contributed by atoms with van der Waals surface area (Å²) in [6.07, 6.45) is 4.24. The van der Waals surface area contributed by atoms with E-state index in [2.05, 4.69) is 62.7 Å². The third kappa shape index (κ3) is 2.95. The van der Waals surface area contributed by atoms with E-state index in [0.29, 0.717) is 13.0 Å². The number of nitrogens with zero attached hydrogens (tertiary/aromatic N) is 1. The van der Waals surface area contributed by atoms with Gasteiger partial charge in [-0.25, -0.2) is 0 Å². The Bertz CT molecular complexity index is 1120. The molecule has 2 aromatic carbocycles. The van der Waals surface area contributed by atoms with Gasteiger partial charge in [0.25, 0.3) is 0 Å². The van der Waals surface area contributed by atoms with Gasteiger partial charge in [-0.15, -0.1) is 6.58 Å². The molecule has 2 aliphatic rings. The van der Waals surface area contributed by atoms with Gasteiger partial charge in [0.05, 0.1) is 12.7 Å². The summed E-state index contributed by atoms with van der Waals surface area (Å²) in [6, 6.07) is 14.6. The fraction of sp³-hybridized carbons (Fsp3) is 0.360. The minimum absolute atomic E-state index is 0.357. The van der Waals surface area contributed by atoms with Crippen molar-refractivity contribution in [3.8, 4) is 5.75 Å². The van der Waals surface area contributed by atoms with Gasteiger partial charge in [0.1, 0.15) is 5.75 Å². The monoisotopic (exact) mass is 466 g/mol. The van der Waals surface area contributed by atoms with Crippen molar-refractivity contribution in [1.82, 2.24) is 9.88 Å². The van der Waals surface area contributed by atoms with E-state index in [-0.39, 0.29) is 5.41 Å². The molecule has 0 spiro atoms. The summed E-state index contributed by atoms with van der Waals surface area (Å²) in [7, 11) is 1.70. The lowest BCUT2D eigenvalue weighted by atomic mass is 9.56. The third-order valence-electron chi connectivity index (χ3n) is 7.14. The van der Waals surface area contributed by atoms with E-state index in [0.717, 1.165) is 47.2 Å². The van der Waals surface area contributed by atoms with Crippen LogP contribution in [0.15, 0.2) is 59.6 Å². The number of halogens is 1. The average Bonchev–Trinajstić information content (AvgIpc) is 3.07. The summed E-state index contributed by atoms with van der Waals surface area (Å²) < 4.78 is 6.59. The van der Waals surface area contributed by atoms with Crippen LogP contribution < -0.4 is 4.74 Å². The Labute approximate surface area is 185 Å². The molecule has 2 atom stereocenters. The van der Waals surface area contributed by atoms with E-state index in [1.807, 2.05) is 18.2 Å². The zero-order chi connectivity index (χ0) is 20.9. The standard InChI is InChI=1S/C25H27BrN2O2/c1-3-10-28-11-9-24(17-5-4-6-19(12-17)30-2)15-23-21(14-25(24,29)16-28)20-13-18(26)7-8-22(20)27-23/h3-8,12-13,27,29H,1,9-11,14-16H2,2H3/t24-,25-/m0/s1. The Kier molecular flexibility index (Phi) is 4.80. The predicted molar refractivity (Wildman–Crippen MR) is 124 cm³/mol. The van der Waals surface area contributed by atoms with Crippen molar-refractivity contribution in [1.29, 1.82) is 0 Å². The van der Waals surface area contributed by atoms with E-state index in [1.54, 1.807) is 7.11 Å². The second-order valence-electron chi connectivity index (χ2n) is 8.75. The topological polar surface area (TPSA) is 48.5 Å². The van der Waals surface area contributed by atoms with Crippen LogP contribution in [0.2, 0.25) is 0 Å². The highest BCUT2D eigenvalue weighted by Gasteiger charge is 2.57. The van der Waals surface area contributed by atoms with E-state index >= 15 is 0 Å². The normalized spacial score (nSPS) is 26.2. The molecular weight excluding hydrogens is 440 g/mol. The number of piperidine rings is 1. The van der Waals surface area contributed by atoms with Gasteiger partial charge in [-0.05, 0) is 54.4 Å². The summed E-state index contributed by atoms with van der Waals surface area (Å²) in [6.45, 7) is 6.27. The molecular formula is C25H27BrN2O2. The number of aromatic amines is 1. The van der Waals surface area contributed by atoms with Gasteiger partial charge in [0, 0.05) is 52.4 Å². The van der Waals surface area contributed by atoms with Crippen molar-refractivity contribution < 1.29 is 9.84 Å². The number of hydrogen-bond acceptors (Lipinski definition) is 3. The minimum atomic E-state index is -0.870. The highest BCUT2D eigenvalue weighted by Crippen LogP contribution is 2.52. The number of ether oxygens (including phenoxy) is 1. The van der Waals surface area contributed by atoms with E-state index < -0.39 is 5.60 Å². The van der Waals surface area contributed by atoms with Gasteiger partial charge in [0.2, 0.25) is 0 Å². The lowest BCUT2D eigenvalue weighted by molar-refractivity contribution is -0.100. The number of aromatic nitrogens is 1. The number of nitrogens with one attached hydrogen (secondary N) is 1. The van der Waals surface area contributed by atoms with E-state index in [4.69, 9.17) is 4.74 Å². The van der Waals surface area contributed by atoms with Gasteiger partial charge < -0.3 is 14.8 Å². The largest absolute Gasteiger partial charge is 0.497 e. The van der Waals surface area contributed by atoms with Crippen LogP contribution in [0.1, 0.15) is 23.2 Å². The average molecular weight is 467 g/mol. The number of H-pyrrole nitrogens is 1. The van der Waals surface area contributed by atoms with Crippen LogP contribution >= 0.6 is 15.9 Å². The fourth-order valence-corrected chi connectivity index (χ4v) is 6.02. The Balaban J connectivity index is 1.69. The maximum absolute atomic E-state index is 12.3. The molecule has 0 unspecified atom stereocenters. The second kappa shape index (κ2) is 7.26. The molecule has 3 aromatic rings. The highest BCUT2D eigenvalue weighted by atomic mass is 79.9. The Morgan fingerprint density at radius 3 is 2.93 bits per heavy atom. The molecule has 0 bridgehead atoms. The Hall–Kier alpha value is -2.08. The van der Waals surface area contributed by atoms with E-state index in [1.165, 1.54) is 16.6 Å². The van der Waals surface area contributed by atoms with E-state index in [9.17, 15) is 5.11 Å². The SMILES string of the molecule is C=CCN1CC[C@@]2(c3cccc(OC)c3)Cc3[nH]c4ccc(Br)cc4c3C[C@]2(O)C1. The zero-order valence-electron chi connectivity index (χ0n) is 17.2. The first-order valence-electron chi connectivity index (χ1n) is 10.5. The summed E-state index contributed by atoms with van der Waals surface area (Å²) in [4.78, 5) is 5.98. The number of likely N-dealkylation sites (tertiary alicyclic amines) is 1. The van der Waals surface area contributed by atoms with Gasteiger partial charge in [-0.2, -0.15) is 0 Å². The van der Waals surface area contributed by atoms with Crippen LogP contribution in [-0.2, 0) is 18.3 Å². The molecule has 1 fully saturated rings. The third-order valence-corrected chi connectivity index (χ3v) is 7.64. The number of β-amino-alcohol motifs (C(OH)–C–C–N with tert-alkyl or cyclic N) is 1. The minimum Gasteiger partial charge on any atom is -0.497 e. The molecule has 2 heterocycles. The molecule has 1 aromatic heterocycles. The Morgan fingerprint density at radius 2 is 2.13 bits per heavy atom. The number of rotatable bonds is 4. The number of benzene rings is 2. The lowest BCUT2D eigenvalue weighted by Crippen LogP contribution is -2.66. The van der Waals surface area contributed by atoms with Crippen LogP contribution in [0, 0.1) is 0 Å². The molecule has 5 rings (SSSR count). The van der Waals surface area contributed by atoms with Crippen molar-refractivity contribution in [2.24, 2.45) is 0 Å². The second-order valence-corrected chi connectivity index (χ2v) is 9.66. The van der Waals surface area contributed by atoms with Gasteiger partial charge in [-0.3, -0.25) is 4.90 Å². The summed E-state index contributed by atoms with van der Waals surface area (Å²) in [5.41, 5.74) is 3.55. The van der Waals surface area contributed by atoms with Crippen LogP contribution in [0.25, 0.3) is 10.9 Å². The number of hydrogen-bond donors (Lipinski definition) is 2. The van der Waals surface area contributed by atoms with Gasteiger partial charge >= 0.3 is 0 Å². The molecule has 1 aliphatic heterocycles. The molecule has 0 amide bonds. The van der Waals surface area contributed by atoms with Gasteiger partial charge in [-0.1, -0.05) is 34.1 Å². The Morgan fingerprint density at radius 1 is 1.27 bits per heavy atom. The van der Waals surface area contributed by atoms with Crippen LogP contribution in [0.4, 0.5) is 0 Å². The highest BCUT2D eigenvalue weighted by molar-refractivity contribution is 9.10. The quantitative estimate of drug-likeness (QED) is 0.552. The lowest BCUT2D eigenvalue weighted by Gasteiger charge is -2.56. The van der Waals surface area contributed by atoms with Crippen LogP contribution in [0.3, 0.4) is 0 Å². The summed E-state index contributed by atoms with van der Waals surface area (Å²) >= 11 is 3.61.